The van der Waals surface area contributed by atoms with Crippen LogP contribution in [0.4, 0.5) is 11.6 Å². The molecule has 2 aliphatic rings. The summed E-state index contributed by atoms with van der Waals surface area (Å²) < 4.78 is 0. The fraction of sp³-hybridized carbons (Fsp3) is 0.353. The van der Waals surface area contributed by atoms with E-state index in [-0.39, 0.29) is 0 Å². The monoisotopic (exact) mass is 332 g/mol. The molecule has 2 unspecified atom stereocenters. The molecule has 0 amide bonds. The number of hydrogen-bond donors (Lipinski definition) is 1. The van der Waals surface area contributed by atoms with Crippen molar-refractivity contribution in [3.8, 4) is 6.07 Å². The second-order valence-electron chi connectivity index (χ2n) is 6.65. The molecule has 2 aliphatic heterocycles. The fourth-order valence-electron chi connectivity index (χ4n) is 4.08. The van der Waals surface area contributed by atoms with Crippen molar-refractivity contribution in [2.24, 2.45) is 11.8 Å². The van der Waals surface area contributed by atoms with Crippen molar-refractivity contribution in [3.63, 3.8) is 0 Å². The molecule has 1 N–H and O–H groups in total. The number of nitrogens with zero attached hydrogens (tertiary/aromatic N) is 7. The van der Waals surface area contributed by atoms with Crippen LogP contribution in [-0.4, -0.2) is 51.3 Å². The zero-order valence-electron chi connectivity index (χ0n) is 13.5. The van der Waals surface area contributed by atoms with E-state index in [1.54, 1.807) is 18.7 Å². The average Bonchev–Trinajstić information content (AvgIpc) is 3.35. The minimum atomic E-state index is 0.547. The standard InChI is InChI=1S/C17H16N8/c18-4-11-2-1-3-19-16(11)24-6-12-8-25(9-13(12)7-24)17-14-5-22-23-15(14)20-10-21-17/h1-3,5,10,12-13H,6-9H2,(H,20,21,22,23). The number of H-pyrrole nitrogens is 1. The van der Waals surface area contributed by atoms with Crippen LogP contribution in [0.2, 0.25) is 0 Å². The molecule has 0 radical (unpaired) electrons. The third-order valence-electron chi connectivity index (χ3n) is 5.22. The van der Waals surface area contributed by atoms with Crippen molar-refractivity contribution in [2.45, 2.75) is 0 Å². The molecule has 8 heteroatoms. The van der Waals surface area contributed by atoms with Crippen LogP contribution in [0.3, 0.4) is 0 Å². The molecule has 5 rings (SSSR count). The summed E-state index contributed by atoms with van der Waals surface area (Å²) in [7, 11) is 0. The van der Waals surface area contributed by atoms with Gasteiger partial charge in [-0.2, -0.15) is 10.4 Å². The third-order valence-corrected chi connectivity index (χ3v) is 5.22. The SMILES string of the molecule is N#Cc1cccnc1N1CC2CN(c3ncnc4[nH]ncc34)CC2C1. The highest BCUT2D eigenvalue weighted by molar-refractivity contribution is 5.86. The van der Waals surface area contributed by atoms with Gasteiger partial charge in [-0.1, -0.05) is 0 Å². The largest absolute Gasteiger partial charge is 0.355 e. The minimum Gasteiger partial charge on any atom is -0.355 e. The smallest absolute Gasteiger partial charge is 0.160 e. The summed E-state index contributed by atoms with van der Waals surface area (Å²) in [5, 5.41) is 17.2. The Morgan fingerprint density at radius 2 is 1.80 bits per heavy atom. The number of aromatic nitrogens is 5. The number of aromatic amines is 1. The summed E-state index contributed by atoms with van der Waals surface area (Å²) in [5.74, 6) is 2.86. The third kappa shape index (κ3) is 2.20. The van der Waals surface area contributed by atoms with Crippen LogP contribution in [0.15, 0.2) is 30.9 Å². The predicted molar refractivity (Wildman–Crippen MR) is 92.0 cm³/mol. The van der Waals surface area contributed by atoms with Crippen LogP contribution in [0.1, 0.15) is 5.56 Å². The number of pyridine rings is 1. The highest BCUT2D eigenvalue weighted by atomic mass is 15.3. The van der Waals surface area contributed by atoms with Crippen molar-refractivity contribution in [1.82, 2.24) is 25.1 Å². The highest BCUT2D eigenvalue weighted by Gasteiger charge is 2.41. The van der Waals surface area contributed by atoms with E-state index in [0.717, 1.165) is 48.8 Å². The Bertz CT molecular complexity index is 960. The van der Waals surface area contributed by atoms with Gasteiger partial charge in [0.1, 0.15) is 24.0 Å². The molecule has 3 aromatic rings. The molecular formula is C17H16N8. The van der Waals surface area contributed by atoms with Gasteiger partial charge in [0.05, 0.1) is 17.1 Å². The number of nitrogens with one attached hydrogen (secondary N) is 1. The van der Waals surface area contributed by atoms with Crippen molar-refractivity contribution in [3.05, 3.63) is 36.4 Å². The maximum absolute atomic E-state index is 9.30. The van der Waals surface area contributed by atoms with E-state index in [4.69, 9.17) is 0 Å². The number of rotatable bonds is 2. The Morgan fingerprint density at radius 3 is 2.56 bits per heavy atom. The average molecular weight is 332 g/mol. The quantitative estimate of drug-likeness (QED) is 0.753. The van der Waals surface area contributed by atoms with Crippen LogP contribution in [-0.2, 0) is 0 Å². The summed E-state index contributed by atoms with van der Waals surface area (Å²) in [6, 6.07) is 5.89. The Balaban J connectivity index is 1.37. The van der Waals surface area contributed by atoms with Gasteiger partial charge < -0.3 is 9.80 Å². The van der Waals surface area contributed by atoms with Gasteiger partial charge in [0.2, 0.25) is 0 Å². The molecule has 124 valence electrons. The molecule has 0 bridgehead atoms. The summed E-state index contributed by atoms with van der Waals surface area (Å²) in [6.45, 7) is 3.75. The van der Waals surface area contributed by atoms with Crippen LogP contribution in [0, 0.1) is 23.2 Å². The molecule has 2 atom stereocenters. The Kier molecular flexibility index (Phi) is 3.06. The summed E-state index contributed by atoms with van der Waals surface area (Å²) in [5.41, 5.74) is 1.42. The molecule has 0 aliphatic carbocycles. The lowest BCUT2D eigenvalue weighted by atomic mass is 10.0. The van der Waals surface area contributed by atoms with E-state index >= 15 is 0 Å². The lowest BCUT2D eigenvalue weighted by molar-refractivity contribution is 0.533. The van der Waals surface area contributed by atoms with Gasteiger partial charge in [-0.3, -0.25) is 5.10 Å². The van der Waals surface area contributed by atoms with Crippen LogP contribution in [0.5, 0.6) is 0 Å². The zero-order valence-corrected chi connectivity index (χ0v) is 13.5. The summed E-state index contributed by atoms with van der Waals surface area (Å²) in [6.07, 6.45) is 5.13. The van der Waals surface area contributed by atoms with Gasteiger partial charge in [0.25, 0.3) is 0 Å². The van der Waals surface area contributed by atoms with E-state index < -0.39 is 0 Å². The highest BCUT2D eigenvalue weighted by Crippen LogP contribution is 2.37. The summed E-state index contributed by atoms with van der Waals surface area (Å²) >= 11 is 0. The lowest BCUT2D eigenvalue weighted by Crippen LogP contribution is -2.30. The maximum Gasteiger partial charge on any atom is 0.160 e. The van der Waals surface area contributed by atoms with Gasteiger partial charge >= 0.3 is 0 Å². The second kappa shape index (κ2) is 5.41. The first-order chi connectivity index (χ1) is 12.3. The molecule has 3 aromatic heterocycles. The molecule has 2 saturated heterocycles. The normalized spacial score (nSPS) is 22.4. The molecule has 0 saturated carbocycles. The van der Waals surface area contributed by atoms with Crippen LogP contribution in [0.25, 0.3) is 11.0 Å². The number of nitriles is 1. The first kappa shape index (κ1) is 14.2. The van der Waals surface area contributed by atoms with E-state index in [2.05, 4.69) is 41.0 Å². The molecule has 0 aromatic carbocycles. The molecule has 2 fully saturated rings. The molecule has 0 spiro atoms. The first-order valence-corrected chi connectivity index (χ1v) is 8.32. The van der Waals surface area contributed by atoms with Gasteiger partial charge in [-0.15, -0.1) is 0 Å². The second-order valence-corrected chi connectivity index (χ2v) is 6.65. The van der Waals surface area contributed by atoms with E-state index in [1.165, 1.54) is 0 Å². The molecule has 5 heterocycles. The Hall–Kier alpha value is -3.21. The molecule has 25 heavy (non-hydrogen) atoms. The van der Waals surface area contributed by atoms with Gasteiger partial charge in [0.15, 0.2) is 5.65 Å². The van der Waals surface area contributed by atoms with E-state index in [0.29, 0.717) is 17.4 Å². The lowest BCUT2D eigenvalue weighted by Gasteiger charge is -2.23. The number of fused-ring (bicyclic) bond motifs is 2. The Labute approximate surface area is 144 Å². The van der Waals surface area contributed by atoms with Crippen molar-refractivity contribution < 1.29 is 0 Å². The van der Waals surface area contributed by atoms with E-state index in [9.17, 15) is 5.26 Å². The Morgan fingerprint density at radius 1 is 1.04 bits per heavy atom. The minimum absolute atomic E-state index is 0.547. The number of hydrogen-bond acceptors (Lipinski definition) is 7. The summed E-state index contributed by atoms with van der Waals surface area (Å²) in [4.78, 5) is 17.7. The fourth-order valence-corrected chi connectivity index (χ4v) is 4.08. The van der Waals surface area contributed by atoms with Gasteiger partial charge in [-0.25, -0.2) is 15.0 Å². The van der Waals surface area contributed by atoms with Crippen LogP contribution >= 0.6 is 0 Å². The number of anilines is 2. The molecule has 8 nitrogen and oxygen atoms in total. The van der Waals surface area contributed by atoms with Crippen LogP contribution < -0.4 is 9.80 Å². The van der Waals surface area contributed by atoms with E-state index in [1.807, 2.05) is 12.1 Å². The topological polar surface area (TPSA) is 97.6 Å². The maximum atomic E-state index is 9.30. The van der Waals surface area contributed by atoms with Crippen molar-refractivity contribution >= 4 is 22.7 Å². The predicted octanol–water partition coefficient (Wildman–Crippen LogP) is 1.19. The van der Waals surface area contributed by atoms with Crippen molar-refractivity contribution in [1.29, 1.82) is 5.26 Å². The molecular weight excluding hydrogens is 316 g/mol. The first-order valence-electron chi connectivity index (χ1n) is 8.32. The van der Waals surface area contributed by atoms with Crippen molar-refractivity contribution in [2.75, 3.05) is 36.0 Å². The van der Waals surface area contributed by atoms with Gasteiger partial charge in [0, 0.05) is 44.2 Å². The van der Waals surface area contributed by atoms with Gasteiger partial charge in [-0.05, 0) is 12.1 Å². The zero-order chi connectivity index (χ0) is 16.8.